The van der Waals surface area contributed by atoms with Crippen LogP contribution in [0.15, 0.2) is 52.5 Å². The normalized spacial score (nSPS) is 14.7. The van der Waals surface area contributed by atoms with Crippen molar-refractivity contribution in [2.45, 2.75) is 17.7 Å². The SMILES string of the molecule is COC(=O)c1ccc(/C=N\Nc2ccc(S(=O)(=O)N3CCCC3)cc2[N+](=O)[O-])cc1. The third kappa shape index (κ3) is 4.63. The number of nitrogens with zero attached hydrogens (tertiary/aromatic N) is 3. The van der Waals surface area contributed by atoms with Gasteiger partial charge in [0.25, 0.3) is 5.69 Å². The van der Waals surface area contributed by atoms with Crippen molar-refractivity contribution >= 4 is 33.6 Å². The van der Waals surface area contributed by atoms with Crippen LogP contribution in [-0.4, -0.2) is 50.0 Å². The highest BCUT2D eigenvalue weighted by molar-refractivity contribution is 7.89. The molecule has 30 heavy (non-hydrogen) atoms. The van der Waals surface area contributed by atoms with Gasteiger partial charge in [0.1, 0.15) is 5.69 Å². The molecule has 158 valence electrons. The first-order valence-corrected chi connectivity index (χ1v) is 10.5. The first-order chi connectivity index (χ1) is 14.3. The predicted molar refractivity (Wildman–Crippen MR) is 110 cm³/mol. The summed E-state index contributed by atoms with van der Waals surface area (Å²) in [7, 11) is -2.48. The van der Waals surface area contributed by atoms with Gasteiger partial charge in [-0.1, -0.05) is 12.1 Å². The number of ether oxygens (including phenoxy) is 1. The van der Waals surface area contributed by atoms with Crippen molar-refractivity contribution in [2.24, 2.45) is 5.10 Å². The lowest BCUT2D eigenvalue weighted by atomic mass is 10.1. The van der Waals surface area contributed by atoms with Crippen molar-refractivity contribution < 1.29 is 22.9 Å². The van der Waals surface area contributed by atoms with Crippen LogP contribution in [-0.2, 0) is 14.8 Å². The van der Waals surface area contributed by atoms with Crippen molar-refractivity contribution in [3.63, 3.8) is 0 Å². The summed E-state index contributed by atoms with van der Waals surface area (Å²) in [6, 6.07) is 10.1. The number of hydrogen-bond acceptors (Lipinski definition) is 8. The van der Waals surface area contributed by atoms with Gasteiger partial charge in [-0.25, -0.2) is 13.2 Å². The Labute approximate surface area is 173 Å². The van der Waals surface area contributed by atoms with E-state index in [1.165, 1.54) is 29.8 Å². The number of sulfonamides is 1. The minimum Gasteiger partial charge on any atom is -0.465 e. The van der Waals surface area contributed by atoms with Crippen molar-refractivity contribution in [1.82, 2.24) is 4.31 Å². The maximum atomic E-state index is 12.6. The molecule has 11 heteroatoms. The first-order valence-electron chi connectivity index (χ1n) is 9.09. The maximum Gasteiger partial charge on any atom is 0.337 e. The summed E-state index contributed by atoms with van der Waals surface area (Å²) >= 11 is 0. The highest BCUT2D eigenvalue weighted by Crippen LogP contribution is 2.30. The molecule has 3 rings (SSSR count). The average Bonchev–Trinajstić information content (AvgIpc) is 3.29. The van der Waals surface area contributed by atoms with E-state index in [9.17, 15) is 23.3 Å². The number of carbonyl (C=O) groups excluding carboxylic acids is 1. The first kappa shape index (κ1) is 21.4. The van der Waals surface area contributed by atoms with Crippen LogP contribution >= 0.6 is 0 Å². The van der Waals surface area contributed by atoms with Gasteiger partial charge in [-0.15, -0.1) is 0 Å². The fourth-order valence-corrected chi connectivity index (χ4v) is 4.53. The molecule has 0 saturated carbocycles. The highest BCUT2D eigenvalue weighted by atomic mass is 32.2. The van der Waals surface area contributed by atoms with Gasteiger partial charge in [-0.3, -0.25) is 15.5 Å². The number of hydrogen-bond donors (Lipinski definition) is 1. The summed E-state index contributed by atoms with van der Waals surface area (Å²) in [6.07, 6.45) is 2.96. The summed E-state index contributed by atoms with van der Waals surface area (Å²) in [6.45, 7) is 0.824. The molecule has 1 aliphatic rings. The maximum absolute atomic E-state index is 12.6. The van der Waals surface area contributed by atoms with Crippen molar-refractivity contribution in [2.75, 3.05) is 25.6 Å². The molecule has 0 radical (unpaired) electrons. The smallest absolute Gasteiger partial charge is 0.337 e. The van der Waals surface area contributed by atoms with Crippen LogP contribution in [0.2, 0.25) is 0 Å². The molecule has 10 nitrogen and oxygen atoms in total. The van der Waals surface area contributed by atoms with Gasteiger partial charge in [0.15, 0.2) is 0 Å². The largest absolute Gasteiger partial charge is 0.465 e. The van der Waals surface area contributed by atoms with Crippen LogP contribution in [0.25, 0.3) is 0 Å². The number of esters is 1. The van der Waals surface area contributed by atoms with Crippen LogP contribution in [0.3, 0.4) is 0 Å². The van der Waals surface area contributed by atoms with E-state index >= 15 is 0 Å². The van der Waals surface area contributed by atoms with E-state index in [1.807, 2.05) is 0 Å². The number of methoxy groups -OCH3 is 1. The Morgan fingerprint density at radius 1 is 1.20 bits per heavy atom. The number of nitro benzene ring substituents is 1. The minimum atomic E-state index is -3.76. The molecule has 0 atom stereocenters. The lowest BCUT2D eigenvalue weighted by Crippen LogP contribution is -2.27. The van der Waals surface area contributed by atoms with E-state index in [1.54, 1.807) is 24.3 Å². The molecule has 2 aromatic carbocycles. The third-order valence-corrected chi connectivity index (χ3v) is 6.49. The highest BCUT2D eigenvalue weighted by Gasteiger charge is 2.29. The Balaban J connectivity index is 1.78. The average molecular weight is 432 g/mol. The summed E-state index contributed by atoms with van der Waals surface area (Å²) in [5.74, 6) is -0.462. The van der Waals surface area contributed by atoms with E-state index in [0.29, 0.717) is 24.2 Å². The van der Waals surface area contributed by atoms with Crippen molar-refractivity contribution in [1.29, 1.82) is 0 Å². The Kier molecular flexibility index (Phi) is 6.43. The molecule has 0 aromatic heterocycles. The van der Waals surface area contributed by atoms with Crippen molar-refractivity contribution in [3.05, 3.63) is 63.7 Å². The lowest BCUT2D eigenvalue weighted by Gasteiger charge is -2.15. The predicted octanol–water partition coefficient (Wildman–Crippen LogP) is 2.61. The minimum absolute atomic E-state index is 0.0582. The van der Waals surface area contributed by atoms with Gasteiger partial charge >= 0.3 is 5.97 Å². The fraction of sp³-hybridized carbons (Fsp3) is 0.263. The van der Waals surface area contributed by atoms with E-state index < -0.39 is 26.6 Å². The summed E-state index contributed by atoms with van der Waals surface area (Å²) in [5, 5.41) is 15.4. The number of nitrogens with one attached hydrogen (secondary N) is 1. The standard InChI is InChI=1S/C19H20N4O6S/c1-29-19(24)15-6-4-14(5-7-15)13-20-21-17-9-8-16(12-18(17)23(25)26)30(27,28)22-10-2-3-11-22/h4-9,12-13,21H,2-3,10-11H2,1H3/b20-13-. The summed E-state index contributed by atoms with van der Waals surface area (Å²) < 4.78 is 31.2. The molecular formula is C19H20N4O6S. The second-order valence-corrected chi connectivity index (χ2v) is 8.47. The molecule has 0 spiro atoms. The van der Waals surface area contributed by atoms with E-state index in [0.717, 1.165) is 18.9 Å². The van der Waals surface area contributed by atoms with Gasteiger partial charge in [-0.05, 0) is 42.7 Å². The summed E-state index contributed by atoms with van der Waals surface area (Å²) in [4.78, 5) is 22.1. The molecule has 0 unspecified atom stereocenters. The second-order valence-electron chi connectivity index (χ2n) is 6.53. The second kappa shape index (κ2) is 9.01. The van der Waals surface area contributed by atoms with Gasteiger partial charge < -0.3 is 4.74 Å². The number of anilines is 1. The number of nitro groups is 1. The van der Waals surface area contributed by atoms with Gasteiger partial charge in [-0.2, -0.15) is 9.41 Å². The number of hydrazone groups is 1. The molecule has 1 N–H and O–H groups in total. The van der Waals surface area contributed by atoms with Crippen LogP contribution in [0.4, 0.5) is 11.4 Å². The number of benzene rings is 2. The number of rotatable bonds is 7. The Bertz CT molecular complexity index is 1080. The van der Waals surface area contributed by atoms with E-state index in [4.69, 9.17) is 0 Å². The van der Waals surface area contributed by atoms with Crippen LogP contribution < -0.4 is 5.43 Å². The molecule has 1 aliphatic heterocycles. The number of carbonyl (C=O) groups is 1. The van der Waals surface area contributed by atoms with E-state index in [-0.39, 0.29) is 10.6 Å². The molecule has 2 aromatic rings. The van der Waals surface area contributed by atoms with E-state index in [2.05, 4.69) is 15.3 Å². The fourth-order valence-electron chi connectivity index (χ4n) is 2.99. The molecule has 0 bridgehead atoms. The van der Waals surface area contributed by atoms with Crippen LogP contribution in [0, 0.1) is 10.1 Å². The molecule has 1 heterocycles. The quantitative estimate of drug-likeness (QED) is 0.308. The lowest BCUT2D eigenvalue weighted by molar-refractivity contribution is -0.384. The topological polar surface area (TPSA) is 131 Å². The zero-order valence-corrected chi connectivity index (χ0v) is 17.0. The van der Waals surface area contributed by atoms with Gasteiger partial charge in [0.05, 0.1) is 28.7 Å². The van der Waals surface area contributed by atoms with Crippen LogP contribution in [0.5, 0.6) is 0 Å². The van der Waals surface area contributed by atoms with Gasteiger partial charge in [0.2, 0.25) is 10.0 Å². The van der Waals surface area contributed by atoms with Crippen LogP contribution in [0.1, 0.15) is 28.8 Å². The third-order valence-electron chi connectivity index (χ3n) is 4.60. The molecule has 1 fully saturated rings. The molecule has 0 aliphatic carbocycles. The Hall–Kier alpha value is -3.31. The Morgan fingerprint density at radius 3 is 2.47 bits per heavy atom. The van der Waals surface area contributed by atoms with Crippen molar-refractivity contribution in [3.8, 4) is 0 Å². The molecular weight excluding hydrogens is 412 g/mol. The molecule has 0 amide bonds. The summed E-state index contributed by atoms with van der Waals surface area (Å²) in [5.41, 5.74) is 3.26. The zero-order chi connectivity index (χ0) is 21.7. The Morgan fingerprint density at radius 2 is 1.87 bits per heavy atom. The zero-order valence-electron chi connectivity index (χ0n) is 16.1. The molecule has 1 saturated heterocycles. The van der Waals surface area contributed by atoms with Gasteiger partial charge in [0, 0.05) is 19.2 Å². The monoisotopic (exact) mass is 432 g/mol.